The smallest absolute Gasteiger partial charge is 0.276 e. The summed E-state index contributed by atoms with van der Waals surface area (Å²) in [6, 6.07) is 6.38. The number of para-hydroxylation sites is 1. The molecule has 1 fully saturated rings. The Bertz CT molecular complexity index is 567. The Morgan fingerprint density at radius 3 is 2.76 bits per heavy atom. The lowest BCUT2D eigenvalue weighted by Gasteiger charge is -2.25. The second kappa shape index (κ2) is 6.49. The first-order chi connectivity index (χ1) is 10.0. The fourth-order valence-electron chi connectivity index (χ4n) is 2.38. The van der Waals surface area contributed by atoms with Gasteiger partial charge >= 0.3 is 0 Å². The van der Waals surface area contributed by atoms with Gasteiger partial charge in [0, 0.05) is 31.8 Å². The third-order valence-corrected chi connectivity index (χ3v) is 3.79. The van der Waals surface area contributed by atoms with Gasteiger partial charge in [-0.2, -0.15) is 0 Å². The molecule has 0 saturated heterocycles. The first-order valence-electron chi connectivity index (χ1n) is 6.93. The zero-order valence-electron chi connectivity index (χ0n) is 11.9. The predicted octanol–water partition coefficient (Wildman–Crippen LogP) is 1.80. The van der Waals surface area contributed by atoms with Crippen LogP contribution in [0.25, 0.3) is 6.08 Å². The van der Waals surface area contributed by atoms with Crippen LogP contribution in [0.5, 0.6) is 0 Å². The highest BCUT2D eigenvalue weighted by Crippen LogP contribution is 2.34. The lowest BCUT2D eigenvalue weighted by molar-refractivity contribution is -0.385. The van der Waals surface area contributed by atoms with Crippen LogP contribution >= 0.6 is 0 Å². The molecule has 0 spiro atoms. The van der Waals surface area contributed by atoms with Crippen molar-refractivity contribution in [2.24, 2.45) is 11.7 Å². The quantitative estimate of drug-likeness (QED) is 0.491. The minimum absolute atomic E-state index is 0.0122. The minimum atomic E-state index is -0.458. The molecule has 112 valence electrons. The summed E-state index contributed by atoms with van der Waals surface area (Å²) in [6.45, 7) is 0.437. The van der Waals surface area contributed by atoms with Gasteiger partial charge in [0.1, 0.15) is 0 Å². The summed E-state index contributed by atoms with van der Waals surface area (Å²) in [4.78, 5) is 24.2. The number of benzene rings is 1. The lowest BCUT2D eigenvalue weighted by atomic mass is 10.1. The van der Waals surface area contributed by atoms with E-state index in [-0.39, 0.29) is 17.6 Å². The Morgan fingerprint density at radius 1 is 1.52 bits per heavy atom. The topological polar surface area (TPSA) is 89.5 Å². The van der Waals surface area contributed by atoms with Crippen LogP contribution in [-0.2, 0) is 4.79 Å². The molecule has 0 heterocycles. The molecule has 1 aliphatic rings. The first-order valence-corrected chi connectivity index (χ1v) is 6.93. The maximum absolute atomic E-state index is 12.1. The van der Waals surface area contributed by atoms with E-state index in [4.69, 9.17) is 5.73 Å². The lowest BCUT2D eigenvalue weighted by Crippen LogP contribution is -2.42. The molecule has 1 amide bonds. The van der Waals surface area contributed by atoms with Crippen molar-refractivity contribution in [1.29, 1.82) is 0 Å². The molecule has 0 radical (unpaired) electrons. The van der Waals surface area contributed by atoms with Gasteiger partial charge in [-0.15, -0.1) is 0 Å². The average molecular weight is 289 g/mol. The zero-order valence-corrected chi connectivity index (χ0v) is 11.9. The number of likely N-dealkylation sites (N-methyl/N-ethyl adjacent to an activating group) is 1. The van der Waals surface area contributed by atoms with E-state index in [2.05, 4.69) is 0 Å². The predicted molar refractivity (Wildman–Crippen MR) is 80.5 cm³/mol. The van der Waals surface area contributed by atoms with Gasteiger partial charge in [0.05, 0.1) is 10.5 Å². The average Bonchev–Trinajstić information content (AvgIpc) is 3.30. The van der Waals surface area contributed by atoms with Crippen LogP contribution < -0.4 is 5.73 Å². The van der Waals surface area contributed by atoms with E-state index in [9.17, 15) is 14.9 Å². The molecule has 1 aromatic carbocycles. The number of hydrogen-bond acceptors (Lipinski definition) is 4. The van der Waals surface area contributed by atoms with Gasteiger partial charge in [0.2, 0.25) is 5.91 Å². The van der Waals surface area contributed by atoms with E-state index < -0.39 is 4.92 Å². The number of carbonyl (C=O) groups excluding carboxylic acids is 1. The number of amides is 1. The standard InChI is InChI=1S/C15H19N3O3/c1-17(14(10-16)12-6-7-12)15(19)9-8-11-4-2-3-5-13(11)18(20)21/h2-5,8-9,12,14H,6-7,10,16H2,1H3/b9-8+. The maximum atomic E-state index is 12.1. The van der Waals surface area contributed by atoms with Crippen LogP contribution in [0, 0.1) is 16.0 Å². The SMILES string of the molecule is CN(C(=O)/C=C/c1ccccc1[N+](=O)[O-])C(CN)C1CC1. The zero-order chi connectivity index (χ0) is 15.4. The van der Waals surface area contributed by atoms with Crippen molar-refractivity contribution in [2.75, 3.05) is 13.6 Å². The van der Waals surface area contributed by atoms with Crippen LogP contribution in [0.2, 0.25) is 0 Å². The minimum Gasteiger partial charge on any atom is -0.338 e. The number of hydrogen-bond donors (Lipinski definition) is 1. The second-order valence-electron chi connectivity index (χ2n) is 5.24. The number of rotatable bonds is 6. The van der Waals surface area contributed by atoms with Gasteiger partial charge in [-0.3, -0.25) is 14.9 Å². The van der Waals surface area contributed by atoms with E-state index in [1.807, 2.05) is 0 Å². The molecule has 2 rings (SSSR count). The summed E-state index contributed by atoms with van der Waals surface area (Å²) in [6.07, 6.45) is 5.06. The third kappa shape index (κ3) is 3.66. The Morgan fingerprint density at radius 2 is 2.19 bits per heavy atom. The molecular weight excluding hydrogens is 270 g/mol. The highest BCUT2D eigenvalue weighted by atomic mass is 16.6. The molecule has 1 unspecified atom stereocenters. The first kappa shape index (κ1) is 15.2. The summed E-state index contributed by atoms with van der Waals surface area (Å²) in [7, 11) is 1.72. The second-order valence-corrected chi connectivity index (χ2v) is 5.24. The molecule has 0 aromatic heterocycles. The van der Waals surface area contributed by atoms with Crippen molar-refractivity contribution in [3.8, 4) is 0 Å². The van der Waals surface area contributed by atoms with Gasteiger partial charge in [-0.05, 0) is 30.9 Å². The summed E-state index contributed by atoms with van der Waals surface area (Å²) in [5.41, 5.74) is 6.12. The highest BCUT2D eigenvalue weighted by molar-refractivity contribution is 5.92. The highest BCUT2D eigenvalue weighted by Gasteiger charge is 2.34. The molecule has 1 aromatic rings. The molecule has 6 nitrogen and oxygen atoms in total. The molecule has 1 atom stereocenters. The van der Waals surface area contributed by atoms with Gasteiger partial charge in [-0.1, -0.05) is 12.1 Å². The van der Waals surface area contributed by atoms with Crippen molar-refractivity contribution in [2.45, 2.75) is 18.9 Å². The van der Waals surface area contributed by atoms with E-state index in [0.717, 1.165) is 12.8 Å². The molecule has 6 heteroatoms. The number of carbonyl (C=O) groups is 1. The monoisotopic (exact) mass is 289 g/mol. The van der Waals surface area contributed by atoms with Crippen molar-refractivity contribution in [3.63, 3.8) is 0 Å². The van der Waals surface area contributed by atoms with Crippen LogP contribution in [0.1, 0.15) is 18.4 Å². The summed E-state index contributed by atoms with van der Waals surface area (Å²) in [5.74, 6) is 0.305. The van der Waals surface area contributed by atoms with Crippen LogP contribution in [-0.4, -0.2) is 35.4 Å². The van der Waals surface area contributed by atoms with Gasteiger partial charge < -0.3 is 10.6 Å². The van der Waals surface area contributed by atoms with Crippen LogP contribution in [0.15, 0.2) is 30.3 Å². The largest absolute Gasteiger partial charge is 0.338 e. The van der Waals surface area contributed by atoms with Crippen molar-refractivity contribution < 1.29 is 9.72 Å². The Balaban J connectivity index is 2.10. The van der Waals surface area contributed by atoms with Crippen LogP contribution in [0.4, 0.5) is 5.69 Å². The number of nitrogens with zero attached hydrogens (tertiary/aromatic N) is 2. The van der Waals surface area contributed by atoms with E-state index in [1.165, 1.54) is 18.2 Å². The number of nitrogens with two attached hydrogens (primary N) is 1. The van der Waals surface area contributed by atoms with E-state index in [1.54, 1.807) is 30.1 Å². The normalized spacial score (nSPS) is 15.9. The van der Waals surface area contributed by atoms with Crippen molar-refractivity contribution in [3.05, 3.63) is 46.0 Å². The maximum Gasteiger partial charge on any atom is 0.276 e. The molecule has 1 aliphatic carbocycles. The summed E-state index contributed by atoms with van der Waals surface area (Å²) >= 11 is 0. The number of nitro benzene ring substituents is 1. The molecule has 0 aliphatic heterocycles. The Hall–Kier alpha value is -2.21. The number of nitro groups is 1. The Kier molecular flexibility index (Phi) is 4.70. The molecule has 1 saturated carbocycles. The summed E-state index contributed by atoms with van der Waals surface area (Å²) in [5, 5.41) is 10.9. The van der Waals surface area contributed by atoms with Gasteiger partial charge in [0.25, 0.3) is 5.69 Å². The van der Waals surface area contributed by atoms with Crippen molar-refractivity contribution >= 4 is 17.7 Å². The van der Waals surface area contributed by atoms with E-state index in [0.29, 0.717) is 18.0 Å². The fraction of sp³-hybridized carbons (Fsp3) is 0.400. The van der Waals surface area contributed by atoms with Gasteiger partial charge in [0.15, 0.2) is 0 Å². The van der Waals surface area contributed by atoms with Gasteiger partial charge in [-0.25, -0.2) is 0 Å². The summed E-state index contributed by atoms with van der Waals surface area (Å²) < 4.78 is 0. The fourth-order valence-corrected chi connectivity index (χ4v) is 2.38. The molecular formula is C15H19N3O3. The molecule has 0 bridgehead atoms. The molecule has 21 heavy (non-hydrogen) atoms. The third-order valence-electron chi connectivity index (χ3n) is 3.79. The van der Waals surface area contributed by atoms with Crippen LogP contribution in [0.3, 0.4) is 0 Å². The molecule has 2 N–H and O–H groups in total. The Labute approximate surface area is 123 Å². The van der Waals surface area contributed by atoms with E-state index >= 15 is 0 Å². The van der Waals surface area contributed by atoms with Crippen molar-refractivity contribution in [1.82, 2.24) is 4.90 Å².